The number of nitrogens with zero attached hydrogens (tertiary/aromatic N) is 2. The van der Waals surface area contributed by atoms with E-state index in [0.29, 0.717) is 6.42 Å². The Morgan fingerprint density at radius 3 is 2.86 bits per heavy atom. The monoisotopic (exact) mass is 317 g/mol. The molecule has 0 aliphatic heterocycles. The standard InChI is InChI=1S/C15H15N3OS2/c1-10-8-18-12(9-21-15(18)16-10)7-14(19)17-11-3-5-13(20-2)6-4-11/h3-6,8-9H,7H2,1-2H3,(H,17,19). The Balaban J connectivity index is 1.70. The number of imidazole rings is 1. The number of aryl methyl sites for hydroxylation is 1. The lowest BCUT2D eigenvalue weighted by molar-refractivity contribution is -0.115. The van der Waals surface area contributed by atoms with Crippen molar-refractivity contribution < 1.29 is 4.79 Å². The van der Waals surface area contributed by atoms with Gasteiger partial charge in [-0.3, -0.25) is 9.20 Å². The molecule has 1 N–H and O–H groups in total. The van der Waals surface area contributed by atoms with Crippen LogP contribution in [0.25, 0.3) is 4.96 Å². The fraction of sp³-hybridized carbons (Fsp3) is 0.200. The number of nitrogens with one attached hydrogen (secondary N) is 1. The molecule has 2 heterocycles. The Hall–Kier alpha value is -1.79. The van der Waals surface area contributed by atoms with Crippen molar-refractivity contribution in [1.29, 1.82) is 0 Å². The second kappa shape index (κ2) is 5.91. The molecule has 2 aromatic heterocycles. The third-order valence-corrected chi connectivity index (χ3v) is 4.75. The van der Waals surface area contributed by atoms with E-state index < -0.39 is 0 Å². The predicted molar refractivity (Wildman–Crippen MR) is 88.4 cm³/mol. The molecule has 4 nitrogen and oxygen atoms in total. The number of hydrogen-bond donors (Lipinski definition) is 1. The molecule has 0 aliphatic rings. The second-order valence-electron chi connectivity index (χ2n) is 4.72. The van der Waals surface area contributed by atoms with Crippen molar-refractivity contribution >= 4 is 39.7 Å². The van der Waals surface area contributed by atoms with E-state index in [1.54, 1.807) is 23.1 Å². The summed E-state index contributed by atoms with van der Waals surface area (Å²) in [6.45, 7) is 1.96. The number of carbonyl (C=O) groups is 1. The number of hydrogen-bond acceptors (Lipinski definition) is 4. The lowest BCUT2D eigenvalue weighted by atomic mass is 10.3. The van der Waals surface area contributed by atoms with Crippen LogP contribution >= 0.6 is 23.1 Å². The molecule has 0 radical (unpaired) electrons. The largest absolute Gasteiger partial charge is 0.326 e. The molecule has 0 bridgehead atoms. The second-order valence-corrected chi connectivity index (χ2v) is 6.43. The highest BCUT2D eigenvalue weighted by Gasteiger charge is 2.10. The summed E-state index contributed by atoms with van der Waals surface area (Å²) in [4.78, 5) is 18.6. The molecule has 6 heteroatoms. The van der Waals surface area contributed by atoms with Crippen LogP contribution in [0.2, 0.25) is 0 Å². The summed E-state index contributed by atoms with van der Waals surface area (Å²) in [5.41, 5.74) is 2.76. The van der Waals surface area contributed by atoms with Crippen molar-refractivity contribution in [3.8, 4) is 0 Å². The summed E-state index contributed by atoms with van der Waals surface area (Å²) >= 11 is 3.24. The van der Waals surface area contributed by atoms with E-state index in [2.05, 4.69) is 10.3 Å². The van der Waals surface area contributed by atoms with Gasteiger partial charge in [-0.1, -0.05) is 0 Å². The van der Waals surface area contributed by atoms with E-state index in [1.165, 1.54) is 4.90 Å². The number of carbonyl (C=O) groups excluding carboxylic acids is 1. The van der Waals surface area contributed by atoms with Crippen molar-refractivity contribution in [3.63, 3.8) is 0 Å². The molecule has 0 atom stereocenters. The number of thioether (sulfide) groups is 1. The van der Waals surface area contributed by atoms with Gasteiger partial charge in [0.2, 0.25) is 5.91 Å². The highest BCUT2D eigenvalue weighted by molar-refractivity contribution is 7.98. The van der Waals surface area contributed by atoms with E-state index >= 15 is 0 Å². The lowest BCUT2D eigenvalue weighted by Crippen LogP contribution is -2.15. The van der Waals surface area contributed by atoms with E-state index in [9.17, 15) is 4.79 Å². The highest BCUT2D eigenvalue weighted by atomic mass is 32.2. The Morgan fingerprint density at radius 1 is 1.38 bits per heavy atom. The minimum absolute atomic E-state index is 0.0158. The lowest BCUT2D eigenvalue weighted by Gasteiger charge is -2.05. The fourth-order valence-electron chi connectivity index (χ4n) is 2.11. The molecule has 108 valence electrons. The molecule has 0 aliphatic carbocycles. The van der Waals surface area contributed by atoms with E-state index in [1.807, 2.05) is 53.4 Å². The van der Waals surface area contributed by atoms with Gasteiger partial charge in [0.1, 0.15) is 0 Å². The average molecular weight is 317 g/mol. The minimum Gasteiger partial charge on any atom is -0.326 e. The predicted octanol–water partition coefficient (Wildman–Crippen LogP) is 3.61. The zero-order valence-corrected chi connectivity index (χ0v) is 13.4. The number of aromatic nitrogens is 2. The van der Waals surface area contributed by atoms with Crippen LogP contribution in [0, 0.1) is 6.92 Å². The van der Waals surface area contributed by atoms with Crippen LogP contribution in [0.5, 0.6) is 0 Å². The van der Waals surface area contributed by atoms with Crippen LogP contribution in [-0.4, -0.2) is 21.5 Å². The third-order valence-electron chi connectivity index (χ3n) is 3.12. The molecule has 0 spiro atoms. The molecule has 3 rings (SSSR count). The quantitative estimate of drug-likeness (QED) is 0.748. The first-order valence-corrected chi connectivity index (χ1v) is 8.62. The molecule has 0 fully saturated rings. The summed E-state index contributed by atoms with van der Waals surface area (Å²) in [5, 5.41) is 4.91. The van der Waals surface area contributed by atoms with Crippen molar-refractivity contribution in [2.75, 3.05) is 11.6 Å². The number of thiazole rings is 1. The zero-order chi connectivity index (χ0) is 14.8. The number of rotatable bonds is 4. The first-order chi connectivity index (χ1) is 10.2. The van der Waals surface area contributed by atoms with Crippen LogP contribution in [-0.2, 0) is 11.2 Å². The minimum atomic E-state index is -0.0158. The van der Waals surface area contributed by atoms with Crippen LogP contribution in [0.4, 0.5) is 5.69 Å². The highest BCUT2D eigenvalue weighted by Crippen LogP contribution is 2.19. The summed E-state index contributed by atoms with van der Waals surface area (Å²) < 4.78 is 1.98. The summed E-state index contributed by atoms with van der Waals surface area (Å²) in [6, 6.07) is 7.85. The zero-order valence-electron chi connectivity index (χ0n) is 11.8. The maximum absolute atomic E-state index is 12.1. The number of benzene rings is 1. The van der Waals surface area contributed by atoms with Crippen LogP contribution in [0.15, 0.2) is 40.7 Å². The number of anilines is 1. The number of amides is 1. The van der Waals surface area contributed by atoms with Gasteiger partial charge in [-0.2, -0.15) is 0 Å². The first kappa shape index (κ1) is 14.2. The van der Waals surface area contributed by atoms with Crippen LogP contribution < -0.4 is 5.32 Å². The molecule has 3 aromatic rings. The molecule has 0 saturated heterocycles. The van der Waals surface area contributed by atoms with Gasteiger partial charge in [-0.05, 0) is 37.4 Å². The summed E-state index contributed by atoms with van der Waals surface area (Å²) in [5.74, 6) is -0.0158. The van der Waals surface area contributed by atoms with Crippen molar-refractivity contribution in [1.82, 2.24) is 9.38 Å². The fourth-order valence-corrected chi connectivity index (χ4v) is 3.44. The molecule has 0 unspecified atom stereocenters. The first-order valence-electron chi connectivity index (χ1n) is 6.51. The molecule has 0 saturated carbocycles. The smallest absolute Gasteiger partial charge is 0.230 e. The maximum atomic E-state index is 12.1. The van der Waals surface area contributed by atoms with Crippen LogP contribution in [0.1, 0.15) is 11.4 Å². The van der Waals surface area contributed by atoms with Gasteiger partial charge >= 0.3 is 0 Å². The SMILES string of the molecule is CSc1ccc(NC(=O)Cc2csc3nc(C)cn23)cc1. The Bertz CT molecular complexity index is 774. The van der Waals surface area contributed by atoms with E-state index in [4.69, 9.17) is 0 Å². The van der Waals surface area contributed by atoms with Crippen molar-refractivity contribution in [2.45, 2.75) is 18.2 Å². The van der Waals surface area contributed by atoms with E-state index in [-0.39, 0.29) is 5.91 Å². The Kier molecular flexibility index (Phi) is 3.98. The maximum Gasteiger partial charge on any atom is 0.230 e. The third kappa shape index (κ3) is 3.11. The van der Waals surface area contributed by atoms with Gasteiger partial charge in [-0.25, -0.2) is 4.98 Å². The van der Waals surface area contributed by atoms with Crippen molar-refractivity contribution in [3.05, 3.63) is 47.2 Å². The molecule has 1 amide bonds. The molecule has 1 aromatic carbocycles. The van der Waals surface area contributed by atoms with Crippen LogP contribution in [0.3, 0.4) is 0 Å². The topological polar surface area (TPSA) is 46.4 Å². The van der Waals surface area contributed by atoms with Gasteiger partial charge in [-0.15, -0.1) is 23.1 Å². The van der Waals surface area contributed by atoms with Gasteiger partial charge in [0.25, 0.3) is 0 Å². The van der Waals surface area contributed by atoms with Gasteiger partial charge in [0, 0.05) is 27.9 Å². The van der Waals surface area contributed by atoms with Gasteiger partial charge in [0.05, 0.1) is 12.1 Å². The Labute approximate surface area is 131 Å². The summed E-state index contributed by atoms with van der Waals surface area (Å²) in [7, 11) is 0. The van der Waals surface area contributed by atoms with Gasteiger partial charge in [0.15, 0.2) is 4.96 Å². The number of fused-ring (bicyclic) bond motifs is 1. The average Bonchev–Trinajstić information content (AvgIpc) is 3.00. The van der Waals surface area contributed by atoms with Crippen molar-refractivity contribution in [2.24, 2.45) is 0 Å². The Morgan fingerprint density at radius 2 is 2.14 bits per heavy atom. The normalized spacial score (nSPS) is 11.0. The molecular formula is C15H15N3OS2. The van der Waals surface area contributed by atoms with Gasteiger partial charge < -0.3 is 5.32 Å². The molecular weight excluding hydrogens is 302 g/mol. The molecule has 21 heavy (non-hydrogen) atoms. The summed E-state index contributed by atoms with van der Waals surface area (Å²) in [6.07, 6.45) is 4.34. The van der Waals surface area contributed by atoms with E-state index in [0.717, 1.165) is 22.0 Å².